The van der Waals surface area contributed by atoms with E-state index in [9.17, 15) is 13.2 Å². The van der Waals surface area contributed by atoms with Crippen LogP contribution in [0.5, 0.6) is 5.75 Å². The van der Waals surface area contributed by atoms with Crippen LogP contribution in [-0.4, -0.2) is 19.5 Å². The van der Waals surface area contributed by atoms with Gasteiger partial charge in [0.2, 0.25) is 10.0 Å². The van der Waals surface area contributed by atoms with E-state index in [1.165, 1.54) is 6.07 Å². The van der Waals surface area contributed by atoms with E-state index in [1.807, 2.05) is 13.8 Å². The minimum atomic E-state index is -3.73. The zero-order valence-electron chi connectivity index (χ0n) is 15.3. The van der Waals surface area contributed by atoms with Crippen LogP contribution in [0.15, 0.2) is 45.1 Å². The number of ether oxygens (including phenoxy) is 1. The summed E-state index contributed by atoms with van der Waals surface area (Å²) in [7, 11) is -3.73. The lowest BCUT2D eigenvalue weighted by atomic mass is 10.2. The van der Waals surface area contributed by atoms with Gasteiger partial charge < -0.3 is 14.6 Å². The molecule has 8 nitrogen and oxygen atoms in total. The number of primary sulfonamides is 1. The van der Waals surface area contributed by atoms with Gasteiger partial charge in [-0.25, -0.2) is 13.6 Å². The Kier molecular flexibility index (Phi) is 5.82. The summed E-state index contributed by atoms with van der Waals surface area (Å²) in [5.74, 6) is 0.940. The van der Waals surface area contributed by atoms with Gasteiger partial charge in [-0.1, -0.05) is 11.2 Å². The van der Waals surface area contributed by atoms with Crippen LogP contribution in [0.25, 0.3) is 0 Å². The number of sulfonamides is 1. The number of nitrogens with zero attached hydrogens (tertiary/aromatic N) is 1. The first-order valence-corrected chi connectivity index (χ1v) is 10.6. The summed E-state index contributed by atoms with van der Waals surface area (Å²) in [5.41, 5.74) is 2.07. The van der Waals surface area contributed by atoms with E-state index in [4.69, 9.17) is 14.4 Å². The Morgan fingerprint density at radius 1 is 1.29 bits per heavy atom. The Morgan fingerprint density at radius 3 is 2.71 bits per heavy atom. The average molecular weight is 422 g/mol. The van der Waals surface area contributed by atoms with Crippen LogP contribution < -0.4 is 15.2 Å². The number of amides is 1. The van der Waals surface area contributed by atoms with Crippen LogP contribution in [-0.2, 0) is 23.2 Å². The van der Waals surface area contributed by atoms with E-state index in [1.54, 1.807) is 30.3 Å². The van der Waals surface area contributed by atoms with Crippen LogP contribution in [0.2, 0.25) is 0 Å². The van der Waals surface area contributed by atoms with Crippen molar-refractivity contribution in [3.05, 3.63) is 63.9 Å². The molecule has 0 fully saturated rings. The van der Waals surface area contributed by atoms with Gasteiger partial charge in [0.25, 0.3) is 5.91 Å². The topological polar surface area (TPSA) is 125 Å². The summed E-state index contributed by atoms with van der Waals surface area (Å²) in [6.07, 6.45) is 0. The highest BCUT2D eigenvalue weighted by atomic mass is 32.2. The second kappa shape index (κ2) is 8.13. The van der Waals surface area contributed by atoms with Crippen molar-refractivity contribution in [1.82, 2.24) is 10.5 Å². The SMILES string of the molecule is Cc1noc(C)c1COc1cccc(C(=O)NCc2ccc(S(N)(=O)=O)s2)c1. The number of benzene rings is 1. The van der Waals surface area contributed by atoms with Crippen LogP contribution in [0.4, 0.5) is 0 Å². The largest absolute Gasteiger partial charge is 0.489 e. The molecule has 0 aliphatic rings. The summed E-state index contributed by atoms with van der Waals surface area (Å²) < 4.78 is 33.5. The number of nitrogens with one attached hydrogen (secondary N) is 1. The number of nitrogens with two attached hydrogens (primary N) is 1. The minimum absolute atomic E-state index is 0.0615. The van der Waals surface area contributed by atoms with Crippen molar-refractivity contribution in [2.24, 2.45) is 5.14 Å². The molecule has 28 heavy (non-hydrogen) atoms. The highest BCUT2D eigenvalue weighted by Gasteiger charge is 2.13. The second-order valence-electron chi connectivity index (χ2n) is 6.07. The molecule has 2 heterocycles. The fraction of sp³-hybridized carbons (Fsp3) is 0.222. The lowest BCUT2D eigenvalue weighted by Crippen LogP contribution is -2.22. The molecule has 3 N–H and O–H groups in total. The van der Waals surface area contributed by atoms with Gasteiger partial charge in [-0.3, -0.25) is 4.79 Å². The van der Waals surface area contributed by atoms with Gasteiger partial charge >= 0.3 is 0 Å². The maximum absolute atomic E-state index is 12.4. The molecule has 148 valence electrons. The van der Waals surface area contributed by atoms with Gasteiger partial charge in [0, 0.05) is 10.4 Å². The van der Waals surface area contributed by atoms with Crippen LogP contribution >= 0.6 is 11.3 Å². The van der Waals surface area contributed by atoms with Crippen molar-refractivity contribution in [3.8, 4) is 5.75 Å². The summed E-state index contributed by atoms with van der Waals surface area (Å²) in [6.45, 7) is 4.14. The lowest BCUT2D eigenvalue weighted by molar-refractivity contribution is 0.0950. The number of hydrogen-bond donors (Lipinski definition) is 2. The number of aromatic nitrogens is 1. The maximum Gasteiger partial charge on any atom is 0.251 e. The van der Waals surface area contributed by atoms with Crippen molar-refractivity contribution in [2.75, 3.05) is 0 Å². The lowest BCUT2D eigenvalue weighted by Gasteiger charge is -2.08. The van der Waals surface area contributed by atoms with Gasteiger partial charge in [-0.15, -0.1) is 11.3 Å². The fourth-order valence-electron chi connectivity index (χ4n) is 2.47. The van der Waals surface area contributed by atoms with Gasteiger partial charge in [-0.2, -0.15) is 0 Å². The standard InChI is InChI=1S/C18H19N3O5S2/c1-11-16(12(2)26-21-11)10-25-14-5-3-4-13(8-14)18(22)20-9-15-6-7-17(27-15)28(19,23)24/h3-8H,9-10H2,1-2H3,(H,20,22)(H2,19,23,24). The number of rotatable bonds is 7. The van der Waals surface area contributed by atoms with Gasteiger partial charge in [0.15, 0.2) is 0 Å². The molecule has 2 aromatic heterocycles. The molecular weight excluding hydrogens is 402 g/mol. The summed E-state index contributed by atoms with van der Waals surface area (Å²) in [6, 6.07) is 9.83. The molecule has 1 amide bonds. The van der Waals surface area contributed by atoms with Crippen molar-refractivity contribution in [3.63, 3.8) is 0 Å². The zero-order valence-corrected chi connectivity index (χ0v) is 16.9. The average Bonchev–Trinajstić information content (AvgIpc) is 3.25. The highest BCUT2D eigenvalue weighted by Crippen LogP contribution is 2.21. The molecule has 3 aromatic rings. The van der Waals surface area contributed by atoms with Crippen LogP contribution in [0.3, 0.4) is 0 Å². The van der Waals surface area contributed by atoms with E-state index < -0.39 is 10.0 Å². The molecule has 0 unspecified atom stereocenters. The van der Waals surface area contributed by atoms with Crippen LogP contribution in [0.1, 0.15) is 32.3 Å². The molecule has 0 saturated heterocycles. The summed E-state index contributed by atoms with van der Waals surface area (Å²) in [4.78, 5) is 13.1. The quantitative estimate of drug-likeness (QED) is 0.604. The first kappa shape index (κ1) is 20.1. The first-order valence-electron chi connectivity index (χ1n) is 8.28. The number of hydrogen-bond acceptors (Lipinski definition) is 7. The molecule has 10 heteroatoms. The van der Waals surface area contributed by atoms with Crippen molar-refractivity contribution < 1.29 is 22.5 Å². The monoisotopic (exact) mass is 421 g/mol. The van der Waals surface area contributed by atoms with Crippen LogP contribution in [0, 0.1) is 13.8 Å². The fourth-order valence-corrected chi connectivity index (χ4v) is 4.18. The number of carbonyl (C=O) groups excluding carboxylic acids is 1. The second-order valence-corrected chi connectivity index (χ2v) is 9.02. The van der Waals surface area contributed by atoms with E-state index >= 15 is 0 Å². The number of aryl methyl sites for hydroxylation is 2. The Balaban J connectivity index is 1.61. The molecule has 0 atom stereocenters. The molecule has 3 rings (SSSR count). The van der Waals surface area contributed by atoms with E-state index in [0.29, 0.717) is 22.0 Å². The smallest absolute Gasteiger partial charge is 0.251 e. The zero-order chi connectivity index (χ0) is 20.3. The van der Waals surface area contributed by atoms with Crippen molar-refractivity contribution in [2.45, 2.75) is 31.2 Å². The molecule has 0 aliphatic heterocycles. The minimum Gasteiger partial charge on any atom is -0.489 e. The third-order valence-electron chi connectivity index (χ3n) is 4.00. The van der Waals surface area contributed by atoms with E-state index in [0.717, 1.165) is 22.6 Å². The summed E-state index contributed by atoms with van der Waals surface area (Å²) in [5, 5.41) is 11.7. The van der Waals surface area contributed by atoms with Gasteiger partial charge in [0.05, 0.1) is 17.8 Å². The molecule has 0 radical (unpaired) electrons. The van der Waals surface area contributed by atoms with E-state index in [2.05, 4.69) is 10.5 Å². The Labute approximate surface area is 166 Å². The number of thiophene rings is 1. The van der Waals surface area contributed by atoms with Gasteiger partial charge in [0.1, 0.15) is 22.3 Å². The predicted molar refractivity (Wildman–Crippen MR) is 104 cm³/mol. The first-order chi connectivity index (χ1) is 13.2. The molecule has 0 spiro atoms. The summed E-state index contributed by atoms with van der Waals surface area (Å²) >= 11 is 1.02. The Morgan fingerprint density at radius 2 is 2.07 bits per heavy atom. The molecule has 0 saturated carbocycles. The normalized spacial score (nSPS) is 11.4. The van der Waals surface area contributed by atoms with Gasteiger partial charge in [-0.05, 0) is 44.2 Å². The Hall–Kier alpha value is -2.69. The van der Waals surface area contributed by atoms with Crippen molar-refractivity contribution >= 4 is 27.3 Å². The third-order valence-corrected chi connectivity index (χ3v) is 6.52. The predicted octanol–water partition coefficient (Wildman–Crippen LogP) is 2.51. The Bertz CT molecular complexity index is 1080. The van der Waals surface area contributed by atoms with E-state index in [-0.39, 0.29) is 23.3 Å². The van der Waals surface area contributed by atoms with Crippen molar-refractivity contribution in [1.29, 1.82) is 0 Å². The molecule has 0 bridgehead atoms. The number of carbonyl (C=O) groups is 1. The molecule has 0 aliphatic carbocycles. The maximum atomic E-state index is 12.4. The molecular formula is C18H19N3O5S2. The third kappa shape index (κ3) is 4.77. The highest BCUT2D eigenvalue weighted by molar-refractivity contribution is 7.91. The molecule has 1 aromatic carbocycles.